The van der Waals surface area contributed by atoms with Crippen molar-refractivity contribution in [3.05, 3.63) is 65.5 Å². The number of hydrogen-bond donors (Lipinski definition) is 1. The van der Waals surface area contributed by atoms with Crippen LogP contribution in [0.2, 0.25) is 0 Å². The Morgan fingerprint density at radius 1 is 1.28 bits per heavy atom. The van der Waals surface area contributed by atoms with Crippen molar-refractivity contribution in [3.63, 3.8) is 0 Å². The topological polar surface area (TPSA) is 58.6 Å². The van der Waals surface area contributed by atoms with E-state index in [9.17, 15) is 14.0 Å². The molecule has 2 aromatic carbocycles. The van der Waals surface area contributed by atoms with Gasteiger partial charge in [-0.3, -0.25) is 9.59 Å². The lowest BCUT2D eigenvalue weighted by Crippen LogP contribution is -2.37. The van der Waals surface area contributed by atoms with Crippen molar-refractivity contribution in [3.8, 4) is 5.75 Å². The Morgan fingerprint density at radius 2 is 2.08 bits per heavy atom. The average Bonchev–Trinajstić information content (AvgIpc) is 2.94. The van der Waals surface area contributed by atoms with Crippen LogP contribution in [0.1, 0.15) is 22.3 Å². The van der Waals surface area contributed by atoms with Gasteiger partial charge in [-0.05, 0) is 29.8 Å². The number of benzene rings is 2. The number of hydrogen-bond acceptors (Lipinski definition) is 3. The smallest absolute Gasteiger partial charge is 0.255 e. The molecule has 1 fully saturated rings. The molecule has 1 heterocycles. The number of methoxy groups -OCH3 is 1. The Bertz CT molecular complexity index is 794. The second kappa shape index (κ2) is 7.34. The van der Waals surface area contributed by atoms with E-state index in [4.69, 9.17) is 4.74 Å². The van der Waals surface area contributed by atoms with E-state index in [1.165, 1.54) is 19.2 Å². The highest BCUT2D eigenvalue weighted by Gasteiger charge is 2.31. The molecule has 0 saturated carbocycles. The van der Waals surface area contributed by atoms with Gasteiger partial charge in [0.25, 0.3) is 5.91 Å². The van der Waals surface area contributed by atoms with Crippen LogP contribution >= 0.6 is 0 Å². The predicted molar refractivity (Wildman–Crippen MR) is 90.7 cm³/mol. The summed E-state index contributed by atoms with van der Waals surface area (Å²) in [5.41, 5.74) is 1.16. The average molecular weight is 342 g/mol. The van der Waals surface area contributed by atoms with Crippen LogP contribution in [0, 0.1) is 5.82 Å². The van der Waals surface area contributed by atoms with Gasteiger partial charge < -0.3 is 15.0 Å². The van der Waals surface area contributed by atoms with E-state index in [0.29, 0.717) is 24.4 Å². The first kappa shape index (κ1) is 17.0. The van der Waals surface area contributed by atoms with Crippen molar-refractivity contribution in [2.24, 2.45) is 0 Å². The minimum Gasteiger partial charge on any atom is -0.496 e. The van der Waals surface area contributed by atoms with Crippen LogP contribution in [-0.2, 0) is 11.3 Å². The molecule has 2 aromatic rings. The number of nitrogens with zero attached hydrogens (tertiary/aromatic N) is 1. The SMILES string of the molecule is COc1ccccc1C(=O)N[C@@H]1CC(=O)N(Cc2cccc(F)c2)C1. The fraction of sp³-hybridized carbons (Fsp3) is 0.263. The molecule has 0 aliphatic carbocycles. The first-order valence-electron chi connectivity index (χ1n) is 8.03. The maximum Gasteiger partial charge on any atom is 0.255 e. The predicted octanol–water partition coefficient (Wildman–Crippen LogP) is 2.37. The summed E-state index contributed by atoms with van der Waals surface area (Å²) >= 11 is 0. The first-order valence-corrected chi connectivity index (χ1v) is 8.03. The number of nitrogens with one attached hydrogen (secondary N) is 1. The first-order chi connectivity index (χ1) is 12.1. The number of rotatable bonds is 5. The maximum absolute atomic E-state index is 13.3. The lowest BCUT2D eigenvalue weighted by atomic mass is 10.1. The molecule has 0 unspecified atom stereocenters. The van der Waals surface area contributed by atoms with Crippen molar-refractivity contribution in [2.45, 2.75) is 19.0 Å². The van der Waals surface area contributed by atoms with Gasteiger partial charge in [-0.1, -0.05) is 24.3 Å². The molecule has 25 heavy (non-hydrogen) atoms. The number of likely N-dealkylation sites (tertiary alicyclic amines) is 1. The maximum atomic E-state index is 13.3. The number of para-hydroxylation sites is 1. The summed E-state index contributed by atoms with van der Waals surface area (Å²) in [7, 11) is 1.51. The van der Waals surface area contributed by atoms with Gasteiger partial charge in [-0.25, -0.2) is 4.39 Å². The van der Waals surface area contributed by atoms with Crippen molar-refractivity contribution in [1.82, 2.24) is 10.2 Å². The second-order valence-corrected chi connectivity index (χ2v) is 5.98. The minimum absolute atomic E-state index is 0.0606. The fourth-order valence-corrected chi connectivity index (χ4v) is 2.97. The molecule has 2 amide bonds. The fourth-order valence-electron chi connectivity index (χ4n) is 2.97. The molecule has 1 aliphatic rings. The van der Waals surface area contributed by atoms with Crippen molar-refractivity contribution in [1.29, 1.82) is 0 Å². The summed E-state index contributed by atoms with van der Waals surface area (Å²) in [6, 6.07) is 12.8. The van der Waals surface area contributed by atoms with Crippen molar-refractivity contribution >= 4 is 11.8 Å². The molecule has 130 valence electrons. The Morgan fingerprint density at radius 3 is 2.84 bits per heavy atom. The summed E-state index contributed by atoms with van der Waals surface area (Å²) in [6.07, 6.45) is 0.232. The highest BCUT2D eigenvalue weighted by atomic mass is 19.1. The molecule has 0 radical (unpaired) electrons. The number of halogens is 1. The number of carbonyl (C=O) groups is 2. The van der Waals surface area contributed by atoms with E-state index >= 15 is 0 Å². The van der Waals surface area contributed by atoms with Crippen molar-refractivity contribution in [2.75, 3.05) is 13.7 Å². The van der Waals surface area contributed by atoms with Gasteiger partial charge in [-0.15, -0.1) is 0 Å². The quantitative estimate of drug-likeness (QED) is 0.907. The summed E-state index contributed by atoms with van der Waals surface area (Å²) in [4.78, 5) is 26.2. The van der Waals surface area contributed by atoms with Crippen LogP contribution in [-0.4, -0.2) is 36.4 Å². The van der Waals surface area contributed by atoms with Crippen LogP contribution in [0.3, 0.4) is 0 Å². The molecule has 5 nitrogen and oxygen atoms in total. The molecule has 1 aliphatic heterocycles. The molecular formula is C19H19FN2O3. The third-order valence-electron chi connectivity index (χ3n) is 4.16. The van der Waals surface area contributed by atoms with E-state index in [1.807, 2.05) is 0 Å². The van der Waals surface area contributed by atoms with E-state index in [2.05, 4.69) is 5.32 Å². The van der Waals surface area contributed by atoms with Crippen LogP contribution in [0.4, 0.5) is 4.39 Å². The van der Waals surface area contributed by atoms with E-state index < -0.39 is 0 Å². The van der Waals surface area contributed by atoms with Crippen LogP contribution < -0.4 is 10.1 Å². The highest BCUT2D eigenvalue weighted by Crippen LogP contribution is 2.19. The molecule has 1 N–H and O–H groups in total. The molecule has 3 rings (SSSR count). The van der Waals surface area contributed by atoms with E-state index in [1.54, 1.807) is 41.3 Å². The molecular weight excluding hydrogens is 323 g/mol. The Kier molecular flexibility index (Phi) is 4.97. The summed E-state index contributed by atoms with van der Waals surface area (Å²) < 4.78 is 18.5. The van der Waals surface area contributed by atoms with Gasteiger partial charge in [0.2, 0.25) is 5.91 Å². The molecule has 0 aromatic heterocycles. The van der Waals surface area contributed by atoms with Gasteiger partial charge in [0.15, 0.2) is 0 Å². The van der Waals surface area contributed by atoms with Gasteiger partial charge in [-0.2, -0.15) is 0 Å². The molecule has 1 atom stereocenters. The summed E-state index contributed by atoms with van der Waals surface area (Å²) in [5.74, 6) is -0.177. The molecule has 1 saturated heterocycles. The van der Waals surface area contributed by atoms with Crippen LogP contribution in [0.5, 0.6) is 5.75 Å². The Hall–Kier alpha value is -2.89. The number of ether oxygens (including phenoxy) is 1. The number of amides is 2. The summed E-state index contributed by atoms with van der Waals surface area (Å²) in [5, 5.41) is 2.87. The lowest BCUT2D eigenvalue weighted by molar-refractivity contribution is -0.128. The summed E-state index contributed by atoms with van der Waals surface area (Å²) in [6.45, 7) is 0.730. The van der Waals surface area contributed by atoms with Gasteiger partial charge in [0.1, 0.15) is 11.6 Å². The van der Waals surface area contributed by atoms with Gasteiger partial charge >= 0.3 is 0 Å². The van der Waals surface area contributed by atoms with E-state index in [-0.39, 0.29) is 30.1 Å². The Labute approximate surface area is 145 Å². The third-order valence-corrected chi connectivity index (χ3v) is 4.16. The lowest BCUT2D eigenvalue weighted by Gasteiger charge is -2.17. The van der Waals surface area contributed by atoms with Crippen LogP contribution in [0.25, 0.3) is 0 Å². The van der Waals surface area contributed by atoms with Crippen LogP contribution in [0.15, 0.2) is 48.5 Å². The third kappa shape index (κ3) is 3.96. The second-order valence-electron chi connectivity index (χ2n) is 5.98. The minimum atomic E-state index is -0.329. The molecule has 0 bridgehead atoms. The van der Waals surface area contributed by atoms with E-state index in [0.717, 1.165) is 5.56 Å². The zero-order chi connectivity index (χ0) is 17.8. The Balaban J connectivity index is 1.63. The van der Waals surface area contributed by atoms with Gasteiger partial charge in [0.05, 0.1) is 18.7 Å². The standard InChI is InChI=1S/C19H19FN2O3/c1-25-17-8-3-2-7-16(17)19(24)21-15-10-18(23)22(12-15)11-13-5-4-6-14(20)9-13/h2-9,15H,10-12H2,1H3,(H,21,24)/t15-/m1/s1. The largest absolute Gasteiger partial charge is 0.496 e. The van der Waals surface area contributed by atoms with Gasteiger partial charge in [0, 0.05) is 19.5 Å². The monoisotopic (exact) mass is 342 g/mol. The highest BCUT2D eigenvalue weighted by molar-refractivity contribution is 5.97. The molecule has 6 heteroatoms. The number of carbonyl (C=O) groups excluding carboxylic acids is 2. The normalized spacial score (nSPS) is 16.8. The zero-order valence-corrected chi connectivity index (χ0v) is 13.9. The zero-order valence-electron chi connectivity index (χ0n) is 13.9. The van der Waals surface area contributed by atoms with Crippen molar-refractivity contribution < 1.29 is 18.7 Å². The molecule has 0 spiro atoms.